The maximum absolute atomic E-state index is 10.7. The van der Waals surface area contributed by atoms with Crippen molar-refractivity contribution in [3.8, 4) is 0 Å². The van der Waals surface area contributed by atoms with Crippen molar-refractivity contribution in [3.63, 3.8) is 0 Å². The van der Waals surface area contributed by atoms with Crippen molar-refractivity contribution in [2.75, 3.05) is 13.7 Å². The second kappa shape index (κ2) is 17.5. The summed E-state index contributed by atoms with van der Waals surface area (Å²) < 4.78 is 9.19. The average molecular weight is 374 g/mol. The Morgan fingerprint density at radius 2 is 1.62 bits per heavy atom. The van der Waals surface area contributed by atoms with Crippen molar-refractivity contribution in [1.82, 2.24) is 0 Å². The first kappa shape index (κ1) is 24.4. The topological polar surface area (TPSA) is 52.6 Å². The van der Waals surface area contributed by atoms with Crippen LogP contribution in [0.2, 0.25) is 0 Å². The Hall–Kier alpha value is -1.84. The van der Waals surface area contributed by atoms with Gasteiger partial charge in [0, 0.05) is 12.8 Å². The molecule has 0 aromatic heterocycles. The van der Waals surface area contributed by atoms with E-state index >= 15 is 0 Å². The molecule has 0 unspecified atom stereocenters. The summed E-state index contributed by atoms with van der Waals surface area (Å²) in [5, 5.41) is 0. The Labute approximate surface area is 155 Å². The first-order valence-corrected chi connectivity index (χ1v) is 7.73. The van der Waals surface area contributed by atoms with Gasteiger partial charge in [-0.1, -0.05) is 13.8 Å². The van der Waals surface area contributed by atoms with Crippen LogP contribution in [-0.4, -0.2) is 25.7 Å². The Balaban J connectivity index is 0. The SMILES string of the molecule is CCC(=O)OC.CCC(=O)OCCc1ccc[cH-]1.[Fe+2].c1cc[cH-]c1. The Kier molecular flexibility index (Phi) is 17.8. The molecule has 134 valence electrons. The third kappa shape index (κ3) is 15.1. The van der Waals surface area contributed by atoms with Gasteiger partial charge in [0.15, 0.2) is 0 Å². The van der Waals surface area contributed by atoms with E-state index in [-0.39, 0.29) is 29.0 Å². The van der Waals surface area contributed by atoms with Gasteiger partial charge in [-0.05, 0) is 6.42 Å². The molecule has 0 N–H and O–H groups in total. The molecule has 0 amide bonds. The van der Waals surface area contributed by atoms with Gasteiger partial charge in [-0.25, -0.2) is 24.3 Å². The predicted octanol–water partition coefficient (Wildman–Crippen LogP) is 3.87. The van der Waals surface area contributed by atoms with Crippen LogP contribution in [0.3, 0.4) is 0 Å². The van der Waals surface area contributed by atoms with Crippen molar-refractivity contribution in [2.24, 2.45) is 0 Å². The van der Waals surface area contributed by atoms with Gasteiger partial charge >= 0.3 is 29.0 Å². The van der Waals surface area contributed by atoms with Gasteiger partial charge in [0.1, 0.15) is 0 Å². The van der Waals surface area contributed by atoms with Crippen molar-refractivity contribution < 1.29 is 36.1 Å². The molecular formula is C19H26FeO4. The fraction of sp³-hybridized carbons (Fsp3) is 0.368. The Morgan fingerprint density at radius 1 is 1.00 bits per heavy atom. The number of ether oxygens (including phenoxy) is 2. The van der Waals surface area contributed by atoms with E-state index in [1.54, 1.807) is 13.8 Å². The van der Waals surface area contributed by atoms with E-state index in [4.69, 9.17) is 4.74 Å². The summed E-state index contributed by atoms with van der Waals surface area (Å²) in [5.74, 6) is -0.281. The molecule has 0 aliphatic rings. The van der Waals surface area contributed by atoms with Crippen molar-refractivity contribution in [2.45, 2.75) is 33.1 Å². The number of carbonyl (C=O) groups excluding carboxylic acids is 2. The van der Waals surface area contributed by atoms with Gasteiger partial charge in [0.05, 0.1) is 13.7 Å². The number of methoxy groups -OCH3 is 1. The second-order valence-corrected chi connectivity index (χ2v) is 4.51. The fourth-order valence-electron chi connectivity index (χ4n) is 1.43. The normalized spacial score (nSPS) is 8.46. The predicted molar refractivity (Wildman–Crippen MR) is 91.3 cm³/mol. The van der Waals surface area contributed by atoms with Crippen LogP contribution >= 0.6 is 0 Å². The van der Waals surface area contributed by atoms with Crippen LogP contribution in [0.5, 0.6) is 0 Å². The summed E-state index contributed by atoms with van der Waals surface area (Å²) in [5.41, 5.74) is 1.22. The number of esters is 2. The van der Waals surface area contributed by atoms with Crippen molar-refractivity contribution >= 4 is 11.9 Å². The average Bonchev–Trinajstić information content (AvgIpc) is 3.30. The molecule has 0 aliphatic carbocycles. The monoisotopic (exact) mass is 374 g/mol. The van der Waals surface area contributed by atoms with Crippen molar-refractivity contribution in [3.05, 3.63) is 60.2 Å². The minimum absolute atomic E-state index is 0. The second-order valence-electron chi connectivity index (χ2n) is 4.51. The number of carbonyl (C=O) groups is 2. The van der Waals surface area contributed by atoms with Gasteiger partial charge in [0.2, 0.25) is 0 Å². The summed E-state index contributed by atoms with van der Waals surface area (Å²) in [4.78, 5) is 20.7. The molecule has 2 rings (SSSR count). The van der Waals surface area contributed by atoms with Crippen LogP contribution in [-0.2, 0) is 42.6 Å². The number of rotatable bonds is 5. The summed E-state index contributed by atoms with van der Waals surface area (Å²) in [6.07, 6.45) is 1.75. The van der Waals surface area contributed by atoms with Crippen LogP contribution in [0.1, 0.15) is 32.3 Å². The minimum Gasteiger partial charge on any atom is -0.469 e. The molecule has 2 aromatic carbocycles. The zero-order chi connectivity index (χ0) is 17.3. The van der Waals surface area contributed by atoms with Gasteiger partial charge < -0.3 is 9.47 Å². The van der Waals surface area contributed by atoms with Crippen LogP contribution in [0.4, 0.5) is 0 Å². The van der Waals surface area contributed by atoms with E-state index in [2.05, 4.69) is 4.74 Å². The van der Waals surface area contributed by atoms with Gasteiger partial charge in [-0.3, -0.25) is 9.59 Å². The maximum Gasteiger partial charge on any atom is 2.00 e. The number of hydrogen-bond acceptors (Lipinski definition) is 4. The molecule has 0 saturated carbocycles. The molecule has 0 heterocycles. The molecule has 0 aliphatic heterocycles. The molecule has 0 radical (unpaired) electrons. The van der Waals surface area contributed by atoms with Crippen LogP contribution in [0.25, 0.3) is 0 Å². The quantitative estimate of drug-likeness (QED) is 0.453. The van der Waals surface area contributed by atoms with E-state index in [1.165, 1.54) is 12.7 Å². The molecule has 4 nitrogen and oxygen atoms in total. The molecule has 0 spiro atoms. The van der Waals surface area contributed by atoms with E-state index in [0.717, 1.165) is 6.42 Å². The van der Waals surface area contributed by atoms with Gasteiger partial charge in [0.25, 0.3) is 0 Å². The van der Waals surface area contributed by atoms with E-state index in [9.17, 15) is 9.59 Å². The first-order chi connectivity index (χ1) is 11.1. The van der Waals surface area contributed by atoms with E-state index < -0.39 is 0 Å². The third-order valence-corrected chi connectivity index (χ3v) is 2.75. The van der Waals surface area contributed by atoms with E-state index in [1.807, 2.05) is 54.6 Å². The Morgan fingerprint density at radius 3 is 1.96 bits per heavy atom. The van der Waals surface area contributed by atoms with E-state index in [0.29, 0.717) is 19.4 Å². The smallest absolute Gasteiger partial charge is 0.469 e. The first-order valence-electron chi connectivity index (χ1n) is 7.73. The van der Waals surface area contributed by atoms with Crippen LogP contribution in [0.15, 0.2) is 54.6 Å². The zero-order valence-corrected chi connectivity index (χ0v) is 15.6. The standard InChI is InChI=1S/C10H13O2.C5H5.C4H8O2.Fe/c1-2-10(11)12-8-7-9-5-3-4-6-9;1-2-4-5-3-1;1-3-4(5)6-2;/h3-6H,2,7-8H2,1H3;1-5H;3H2,1-2H3;/q2*-1;;+2. The molecule has 0 atom stereocenters. The summed E-state index contributed by atoms with van der Waals surface area (Å²) >= 11 is 0. The minimum atomic E-state index is -0.157. The Bertz CT molecular complexity index is 466. The maximum atomic E-state index is 10.7. The third-order valence-electron chi connectivity index (χ3n) is 2.75. The molecule has 0 saturated heterocycles. The molecule has 2 aromatic rings. The zero-order valence-electron chi connectivity index (χ0n) is 14.5. The molecule has 0 bridgehead atoms. The van der Waals surface area contributed by atoms with Gasteiger partial charge in [-0.15, -0.1) is 0 Å². The molecular weight excluding hydrogens is 348 g/mol. The van der Waals surface area contributed by atoms with Gasteiger partial charge in [-0.2, -0.15) is 35.9 Å². The number of hydrogen-bond donors (Lipinski definition) is 0. The molecule has 24 heavy (non-hydrogen) atoms. The summed E-state index contributed by atoms with van der Waals surface area (Å²) in [7, 11) is 1.38. The molecule has 0 fully saturated rings. The van der Waals surface area contributed by atoms with Crippen LogP contribution < -0.4 is 0 Å². The van der Waals surface area contributed by atoms with Crippen molar-refractivity contribution in [1.29, 1.82) is 0 Å². The fourth-order valence-corrected chi connectivity index (χ4v) is 1.43. The largest absolute Gasteiger partial charge is 2.00 e. The van der Waals surface area contributed by atoms with Crippen LogP contribution in [0, 0.1) is 0 Å². The summed E-state index contributed by atoms with van der Waals surface area (Å²) in [6.45, 7) is 4.05. The molecule has 5 heteroatoms. The summed E-state index contributed by atoms with van der Waals surface area (Å²) in [6, 6.07) is 18.0.